The standard InChI is InChI=1S/C20H27N3O/c1-19(2,3)13-11-14(20(4,5)6)18(24)17(12-13)23-22-16-10-8-7-9-15(16)21/h7-12,21,23-24H,1-6H3/p+1. The molecule has 0 saturated heterocycles. The Hall–Kier alpha value is -2.20. The van der Waals surface area contributed by atoms with E-state index in [2.05, 4.69) is 52.7 Å². The Kier molecular flexibility index (Phi) is 4.81. The van der Waals surface area contributed by atoms with Crippen LogP contribution >= 0.6 is 0 Å². The Morgan fingerprint density at radius 1 is 0.958 bits per heavy atom. The molecule has 0 fully saturated rings. The summed E-state index contributed by atoms with van der Waals surface area (Å²) in [5.74, 6) is 0.265. The molecule has 24 heavy (non-hydrogen) atoms. The highest BCUT2D eigenvalue weighted by Gasteiger charge is 2.26. The van der Waals surface area contributed by atoms with Gasteiger partial charge >= 0.3 is 0 Å². The van der Waals surface area contributed by atoms with Gasteiger partial charge in [0.2, 0.25) is 0 Å². The minimum absolute atomic E-state index is 0.0242. The Balaban J connectivity index is 2.49. The van der Waals surface area contributed by atoms with E-state index >= 15 is 0 Å². The number of nitrogens with zero attached hydrogens (tertiary/aromatic N) is 1. The highest BCUT2D eigenvalue weighted by atomic mass is 16.3. The second-order valence-electron chi connectivity index (χ2n) is 8.24. The van der Waals surface area contributed by atoms with E-state index in [4.69, 9.17) is 5.41 Å². The normalized spacial score (nSPS) is 16.9. The monoisotopic (exact) mass is 326 g/mol. The summed E-state index contributed by atoms with van der Waals surface area (Å²) in [6.07, 6.45) is 7.18. The molecule has 2 rings (SSSR count). The first-order chi connectivity index (χ1) is 11.0. The van der Waals surface area contributed by atoms with Crippen molar-refractivity contribution in [2.45, 2.75) is 52.4 Å². The Morgan fingerprint density at radius 3 is 2.12 bits per heavy atom. The first-order valence-corrected chi connectivity index (χ1v) is 8.23. The number of quaternary nitrogens is 1. The Morgan fingerprint density at radius 2 is 1.58 bits per heavy atom. The van der Waals surface area contributed by atoms with Gasteiger partial charge in [0.1, 0.15) is 5.71 Å². The van der Waals surface area contributed by atoms with Crippen LogP contribution in [0.2, 0.25) is 0 Å². The predicted molar refractivity (Wildman–Crippen MR) is 101 cm³/mol. The van der Waals surface area contributed by atoms with Crippen LogP contribution in [0.1, 0.15) is 52.7 Å². The fourth-order valence-electron chi connectivity index (χ4n) is 2.49. The lowest BCUT2D eigenvalue weighted by Crippen LogP contribution is -2.72. The molecule has 4 heteroatoms. The first kappa shape index (κ1) is 18.1. The van der Waals surface area contributed by atoms with Crippen LogP contribution < -0.4 is 5.43 Å². The molecule has 0 bridgehead atoms. The topological polar surface area (TPSA) is 73.0 Å². The van der Waals surface area contributed by atoms with Crippen molar-refractivity contribution in [3.63, 3.8) is 0 Å². The average Bonchev–Trinajstić information content (AvgIpc) is 2.45. The van der Waals surface area contributed by atoms with Gasteiger partial charge in [-0.05, 0) is 28.5 Å². The van der Waals surface area contributed by atoms with Crippen LogP contribution in [-0.2, 0) is 10.8 Å². The molecule has 0 aromatic heterocycles. The number of hydrogen-bond donors (Lipinski definition) is 3. The lowest BCUT2D eigenvalue weighted by molar-refractivity contribution is -0.577. The molecule has 0 spiro atoms. The van der Waals surface area contributed by atoms with Crippen LogP contribution in [0.5, 0.6) is 5.75 Å². The molecule has 4 nitrogen and oxygen atoms in total. The molecule has 1 aromatic rings. The van der Waals surface area contributed by atoms with E-state index in [0.29, 0.717) is 17.1 Å². The molecule has 0 heterocycles. The first-order valence-electron chi connectivity index (χ1n) is 8.23. The van der Waals surface area contributed by atoms with Crippen molar-refractivity contribution in [1.82, 2.24) is 0 Å². The van der Waals surface area contributed by atoms with Gasteiger partial charge < -0.3 is 5.11 Å². The maximum Gasteiger partial charge on any atom is 0.198 e. The number of phenolic OH excluding ortho intramolecular Hbond substituents is 1. The molecule has 1 aliphatic carbocycles. The van der Waals surface area contributed by atoms with Crippen LogP contribution in [0, 0.1) is 5.41 Å². The number of nitrogens with two attached hydrogens (primary N) is 1. The highest BCUT2D eigenvalue weighted by Crippen LogP contribution is 2.38. The smallest absolute Gasteiger partial charge is 0.198 e. The van der Waals surface area contributed by atoms with Crippen molar-refractivity contribution in [2.24, 2.45) is 5.10 Å². The molecular weight excluding hydrogens is 298 g/mol. The van der Waals surface area contributed by atoms with Gasteiger partial charge in [0.25, 0.3) is 0 Å². The lowest BCUT2D eigenvalue weighted by Gasteiger charge is -2.26. The number of allylic oxidation sites excluding steroid dienone is 4. The van der Waals surface area contributed by atoms with Crippen molar-refractivity contribution in [3.8, 4) is 5.75 Å². The largest absolute Gasteiger partial charge is 0.502 e. The molecule has 1 aromatic carbocycles. The van der Waals surface area contributed by atoms with Gasteiger partial charge in [-0.2, -0.15) is 5.43 Å². The maximum atomic E-state index is 10.7. The number of benzene rings is 1. The Labute approximate surface area is 144 Å². The van der Waals surface area contributed by atoms with Crippen molar-refractivity contribution in [2.75, 3.05) is 0 Å². The number of rotatable bonds is 2. The molecule has 4 N–H and O–H groups in total. The number of phenols is 1. The number of nitrogens with one attached hydrogen (secondary N) is 1. The molecule has 0 saturated carbocycles. The van der Waals surface area contributed by atoms with Gasteiger partial charge in [-0.15, -0.1) is 0 Å². The zero-order chi connectivity index (χ0) is 18.1. The van der Waals surface area contributed by atoms with Gasteiger partial charge in [0.05, 0.1) is 5.71 Å². The summed E-state index contributed by atoms with van der Waals surface area (Å²) in [6.45, 7) is 12.8. The fraction of sp³-hybridized carbons (Fsp3) is 0.400. The number of aromatic hydroxyl groups is 1. The van der Waals surface area contributed by atoms with E-state index in [-0.39, 0.29) is 16.6 Å². The van der Waals surface area contributed by atoms with Crippen molar-refractivity contribution in [3.05, 3.63) is 47.6 Å². The van der Waals surface area contributed by atoms with Gasteiger partial charge in [-0.3, -0.25) is 5.41 Å². The summed E-state index contributed by atoms with van der Waals surface area (Å²) in [6, 6.07) is 4.08. The molecular formula is C20H28N3O+. The zero-order valence-electron chi connectivity index (χ0n) is 15.4. The molecule has 0 atom stereocenters. The summed E-state index contributed by atoms with van der Waals surface area (Å²) < 4.78 is 0. The SMILES string of the molecule is CC(C)(C)c1cc([NH2+]N=C2C=CC=CC2=N)c(O)c(C(C)(C)C)c1. The third kappa shape index (κ3) is 4.01. The van der Waals surface area contributed by atoms with Gasteiger partial charge in [-0.25, -0.2) is 0 Å². The summed E-state index contributed by atoms with van der Waals surface area (Å²) >= 11 is 0. The minimum atomic E-state index is -0.165. The van der Waals surface area contributed by atoms with Crippen molar-refractivity contribution in [1.29, 1.82) is 5.41 Å². The molecule has 0 amide bonds. The van der Waals surface area contributed by atoms with E-state index < -0.39 is 0 Å². The lowest BCUT2D eigenvalue weighted by atomic mass is 9.80. The number of hydrogen-bond acceptors (Lipinski definition) is 3. The molecule has 0 radical (unpaired) electrons. The minimum Gasteiger partial charge on any atom is -0.502 e. The molecule has 128 valence electrons. The Bertz CT molecular complexity index is 741. The van der Waals surface area contributed by atoms with E-state index in [9.17, 15) is 5.11 Å². The third-order valence-electron chi connectivity index (χ3n) is 4.06. The summed E-state index contributed by atoms with van der Waals surface area (Å²) in [5.41, 5.74) is 5.20. The second-order valence-corrected chi connectivity index (χ2v) is 8.24. The van der Waals surface area contributed by atoms with Gasteiger partial charge in [0, 0.05) is 11.6 Å². The maximum absolute atomic E-state index is 10.7. The fourth-order valence-corrected chi connectivity index (χ4v) is 2.49. The van der Waals surface area contributed by atoms with Gasteiger partial charge in [-0.1, -0.05) is 64.9 Å². The van der Waals surface area contributed by atoms with E-state index in [1.54, 1.807) is 17.6 Å². The molecule has 0 unspecified atom stereocenters. The third-order valence-corrected chi connectivity index (χ3v) is 4.06. The zero-order valence-corrected chi connectivity index (χ0v) is 15.4. The van der Waals surface area contributed by atoms with Crippen molar-refractivity contribution < 1.29 is 10.5 Å². The van der Waals surface area contributed by atoms with Crippen LogP contribution in [0.3, 0.4) is 0 Å². The highest BCUT2D eigenvalue weighted by molar-refractivity contribution is 6.49. The van der Waals surface area contributed by atoms with Crippen LogP contribution in [-0.4, -0.2) is 16.5 Å². The molecule has 1 aliphatic rings. The summed E-state index contributed by atoms with van der Waals surface area (Å²) in [7, 11) is 0. The summed E-state index contributed by atoms with van der Waals surface area (Å²) in [5, 5.41) is 23.0. The predicted octanol–water partition coefficient (Wildman–Crippen LogP) is 3.68. The second kappa shape index (κ2) is 6.36. The quantitative estimate of drug-likeness (QED) is 0.250. The van der Waals surface area contributed by atoms with E-state index in [1.165, 1.54) is 0 Å². The van der Waals surface area contributed by atoms with Gasteiger partial charge in [0.15, 0.2) is 11.4 Å². The van der Waals surface area contributed by atoms with Crippen LogP contribution in [0.25, 0.3) is 0 Å². The van der Waals surface area contributed by atoms with Crippen LogP contribution in [0.4, 0.5) is 5.69 Å². The van der Waals surface area contributed by atoms with E-state index in [0.717, 1.165) is 11.1 Å². The average molecular weight is 326 g/mol. The van der Waals surface area contributed by atoms with Crippen molar-refractivity contribution >= 4 is 17.1 Å². The summed E-state index contributed by atoms with van der Waals surface area (Å²) in [4.78, 5) is 0. The van der Waals surface area contributed by atoms with Crippen LogP contribution in [0.15, 0.2) is 41.5 Å². The van der Waals surface area contributed by atoms with E-state index in [1.807, 2.05) is 18.2 Å². The molecule has 0 aliphatic heterocycles.